The number of allylic oxidation sites excluding steroid dienone is 2. The zero-order valence-corrected chi connectivity index (χ0v) is 38.1. The first kappa shape index (κ1) is 55.9. The number of ether oxygens (including phenoxy) is 4. The lowest BCUT2D eigenvalue weighted by molar-refractivity contribution is -0.301. The molecule has 0 aromatic carbocycles. The third-order valence-corrected chi connectivity index (χ3v) is 11.6. The summed E-state index contributed by atoms with van der Waals surface area (Å²) >= 11 is 0. The second kappa shape index (κ2) is 38.5. The van der Waals surface area contributed by atoms with Crippen LogP contribution in [0.5, 0.6) is 0 Å². The Kier molecular flexibility index (Phi) is 36.5. The third-order valence-electron chi connectivity index (χ3n) is 11.1. The molecule has 13 heteroatoms. The minimum Gasteiger partial charge on any atom is -0.457 e. The normalized spacial score (nSPS) is 20.4. The van der Waals surface area contributed by atoms with Crippen LogP contribution in [-0.2, 0) is 38.3 Å². The van der Waals surface area contributed by atoms with Crippen molar-refractivity contribution in [3.63, 3.8) is 0 Å². The lowest BCUT2D eigenvalue weighted by atomic mass is 9.99. The van der Waals surface area contributed by atoms with Crippen molar-refractivity contribution < 1.29 is 56.2 Å². The average Bonchev–Trinajstić information content (AvgIpc) is 3.20. The van der Waals surface area contributed by atoms with Gasteiger partial charge in [-0.1, -0.05) is 180 Å². The molecule has 350 valence electrons. The van der Waals surface area contributed by atoms with E-state index in [9.17, 15) is 28.5 Å². The molecular formula is C46H88O12S. The number of aliphatic hydroxyl groups is 3. The molecular weight excluding hydrogens is 777 g/mol. The number of carbonyl (C=O) groups excluding carboxylic acids is 1. The van der Waals surface area contributed by atoms with Crippen LogP contribution in [0.1, 0.15) is 213 Å². The highest BCUT2D eigenvalue weighted by atomic mass is 32.3. The summed E-state index contributed by atoms with van der Waals surface area (Å²) in [4.78, 5) is 12.9. The van der Waals surface area contributed by atoms with Gasteiger partial charge in [0.25, 0.3) is 0 Å². The molecule has 59 heavy (non-hydrogen) atoms. The van der Waals surface area contributed by atoms with Crippen molar-refractivity contribution >= 4 is 16.4 Å². The molecule has 6 unspecified atom stereocenters. The van der Waals surface area contributed by atoms with Crippen LogP contribution in [0.4, 0.5) is 0 Å². The van der Waals surface area contributed by atoms with Gasteiger partial charge in [-0.15, -0.1) is 0 Å². The summed E-state index contributed by atoms with van der Waals surface area (Å²) in [7, 11) is -5.06. The van der Waals surface area contributed by atoms with E-state index in [1.807, 2.05) is 0 Å². The van der Waals surface area contributed by atoms with E-state index >= 15 is 0 Å². The average molecular weight is 865 g/mol. The van der Waals surface area contributed by atoms with E-state index in [1.54, 1.807) is 0 Å². The molecule has 0 amide bonds. The standard InChI is InChI=1S/C46H88O12S/c1-3-5-7-9-11-13-15-17-19-20-21-22-23-25-27-29-31-33-35-42(48)56-40(38-54-36-34-32-30-28-26-24-18-16-14-12-10-8-6-4-2)39-55-46-44(50)45(58-59(51,52)53)43(49)41(37-47)57-46/h14,16,40-41,43-47,49-50H,3-13,15,17-39H2,1-2H3,(H,51,52,53)/b16-14-. The number of rotatable bonds is 42. The smallest absolute Gasteiger partial charge is 0.397 e. The van der Waals surface area contributed by atoms with E-state index in [4.69, 9.17) is 23.5 Å². The lowest BCUT2D eigenvalue weighted by Gasteiger charge is -2.41. The minimum atomic E-state index is -5.06. The molecule has 0 aromatic heterocycles. The van der Waals surface area contributed by atoms with Gasteiger partial charge in [0.05, 0.1) is 19.8 Å². The summed E-state index contributed by atoms with van der Waals surface area (Å²) in [5.74, 6) is -0.397. The lowest BCUT2D eigenvalue weighted by Crippen LogP contribution is -2.60. The molecule has 1 aliphatic heterocycles. The Hall–Kier alpha value is -1.16. The summed E-state index contributed by atoms with van der Waals surface area (Å²) in [6, 6.07) is 0. The Morgan fingerprint density at radius 3 is 1.54 bits per heavy atom. The topological polar surface area (TPSA) is 178 Å². The number of aliphatic hydroxyl groups excluding tert-OH is 3. The monoisotopic (exact) mass is 865 g/mol. The van der Waals surface area contributed by atoms with E-state index in [1.165, 1.54) is 141 Å². The van der Waals surface area contributed by atoms with Crippen LogP contribution in [0.25, 0.3) is 0 Å². The summed E-state index contributed by atoms with van der Waals surface area (Å²) in [5, 5.41) is 30.7. The van der Waals surface area contributed by atoms with E-state index in [0.717, 1.165) is 44.9 Å². The molecule has 1 fully saturated rings. The van der Waals surface area contributed by atoms with Crippen molar-refractivity contribution in [1.82, 2.24) is 0 Å². The molecule has 12 nitrogen and oxygen atoms in total. The highest BCUT2D eigenvalue weighted by molar-refractivity contribution is 7.80. The number of unbranched alkanes of at least 4 members (excludes halogenated alkanes) is 27. The van der Waals surface area contributed by atoms with Crippen molar-refractivity contribution in [1.29, 1.82) is 0 Å². The van der Waals surface area contributed by atoms with Gasteiger partial charge < -0.3 is 34.3 Å². The molecule has 0 spiro atoms. The fourth-order valence-electron chi connectivity index (χ4n) is 7.49. The summed E-state index contributed by atoms with van der Waals surface area (Å²) < 4.78 is 59.1. The molecule has 0 bridgehead atoms. The van der Waals surface area contributed by atoms with Crippen LogP contribution in [0, 0.1) is 0 Å². The van der Waals surface area contributed by atoms with E-state index in [2.05, 4.69) is 30.2 Å². The van der Waals surface area contributed by atoms with Crippen LogP contribution >= 0.6 is 0 Å². The number of carbonyl (C=O) groups is 1. The van der Waals surface area contributed by atoms with Crippen molar-refractivity contribution in [2.24, 2.45) is 0 Å². The molecule has 6 atom stereocenters. The van der Waals surface area contributed by atoms with Gasteiger partial charge in [0.2, 0.25) is 0 Å². The molecule has 4 N–H and O–H groups in total. The first-order valence-electron chi connectivity index (χ1n) is 23.9. The maximum absolute atomic E-state index is 12.9. The van der Waals surface area contributed by atoms with Crippen molar-refractivity contribution in [2.75, 3.05) is 26.4 Å². The molecule has 0 radical (unpaired) electrons. The zero-order chi connectivity index (χ0) is 43.2. The minimum absolute atomic E-state index is 0.0372. The van der Waals surface area contributed by atoms with Crippen LogP contribution in [-0.4, -0.2) is 97.5 Å². The number of hydrogen-bond donors (Lipinski definition) is 4. The summed E-state index contributed by atoms with van der Waals surface area (Å²) in [6.07, 6.45) is 32.4. The Balaban J connectivity index is 2.39. The molecule has 0 saturated carbocycles. The van der Waals surface area contributed by atoms with Crippen molar-refractivity contribution in [3.05, 3.63) is 12.2 Å². The highest BCUT2D eigenvalue weighted by Gasteiger charge is 2.48. The molecule has 0 aliphatic carbocycles. The van der Waals surface area contributed by atoms with Gasteiger partial charge in [-0.05, 0) is 38.5 Å². The quantitative estimate of drug-likeness (QED) is 0.0198. The van der Waals surface area contributed by atoms with Gasteiger partial charge in [0.15, 0.2) is 6.29 Å². The summed E-state index contributed by atoms with van der Waals surface area (Å²) in [6.45, 7) is 3.99. The van der Waals surface area contributed by atoms with E-state index < -0.39 is 59.8 Å². The number of hydrogen-bond acceptors (Lipinski definition) is 11. The largest absolute Gasteiger partial charge is 0.457 e. The van der Waals surface area contributed by atoms with Gasteiger partial charge in [-0.3, -0.25) is 9.35 Å². The van der Waals surface area contributed by atoms with E-state index in [-0.39, 0.29) is 19.6 Å². The fraction of sp³-hybridized carbons (Fsp3) is 0.935. The SMILES string of the molecule is CCCCCC/C=C\CCCCCCCCOCC(COC1OC(CO)C(O)C(OS(=O)(=O)O)C1O)OC(=O)CCCCCCCCCCCCCCCCCCCC. The Labute approximate surface area is 359 Å². The van der Waals surface area contributed by atoms with Gasteiger partial charge in [0, 0.05) is 13.0 Å². The fourth-order valence-corrected chi connectivity index (χ4v) is 8.00. The first-order chi connectivity index (χ1) is 28.6. The summed E-state index contributed by atoms with van der Waals surface area (Å²) in [5.41, 5.74) is 0. The van der Waals surface area contributed by atoms with Gasteiger partial charge in [0.1, 0.15) is 30.5 Å². The predicted octanol–water partition coefficient (Wildman–Crippen LogP) is 10.2. The van der Waals surface area contributed by atoms with Gasteiger partial charge in [-0.2, -0.15) is 8.42 Å². The van der Waals surface area contributed by atoms with Crippen LogP contribution in [0.15, 0.2) is 12.2 Å². The molecule has 0 aromatic rings. The Morgan fingerprint density at radius 2 is 1.07 bits per heavy atom. The van der Waals surface area contributed by atoms with Gasteiger partial charge >= 0.3 is 16.4 Å². The van der Waals surface area contributed by atoms with Crippen molar-refractivity contribution in [2.45, 2.75) is 250 Å². The molecule has 1 saturated heterocycles. The molecule has 1 heterocycles. The molecule has 1 aliphatic rings. The van der Waals surface area contributed by atoms with Crippen LogP contribution in [0.3, 0.4) is 0 Å². The highest BCUT2D eigenvalue weighted by Crippen LogP contribution is 2.26. The number of esters is 1. The maximum Gasteiger partial charge on any atom is 0.397 e. The van der Waals surface area contributed by atoms with Crippen LogP contribution < -0.4 is 0 Å². The first-order valence-corrected chi connectivity index (χ1v) is 25.3. The predicted molar refractivity (Wildman–Crippen MR) is 234 cm³/mol. The zero-order valence-electron chi connectivity index (χ0n) is 37.3. The maximum atomic E-state index is 12.9. The Bertz CT molecular complexity index is 1090. The van der Waals surface area contributed by atoms with Gasteiger partial charge in [-0.25, -0.2) is 4.18 Å². The Morgan fingerprint density at radius 1 is 0.627 bits per heavy atom. The second-order valence-corrected chi connectivity index (χ2v) is 17.8. The van der Waals surface area contributed by atoms with E-state index in [0.29, 0.717) is 13.0 Å². The third kappa shape index (κ3) is 32.2. The second-order valence-electron chi connectivity index (χ2n) is 16.7. The van der Waals surface area contributed by atoms with Crippen LogP contribution in [0.2, 0.25) is 0 Å². The van der Waals surface area contributed by atoms with Crippen molar-refractivity contribution in [3.8, 4) is 0 Å². The molecule has 1 rings (SSSR count).